The maximum absolute atomic E-state index is 12.1. The molecule has 0 aliphatic carbocycles. The Labute approximate surface area is 121 Å². The van der Waals surface area contributed by atoms with Crippen LogP contribution in [0.25, 0.3) is 0 Å². The maximum Gasteiger partial charge on any atom is 0.255 e. The number of nitrogen functional groups attached to an aromatic ring is 1. The van der Waals surface area contributed by atoms with E-state index >= 15 is 0 Å². The minimum atomic E-state index is -0.404. The molecule has 2 amide bonds. The van der Waals surface area contributed by atoms with Crippen LogP contribution in [0.3, 0.4) is 0 Å². The second-order valence-corrected chi connectivity index (χ2v) is 4.39. The summed E-state index contributed by atoms with van der Waals surface area (Å²) in [7, 11) is 1.47. The molecule has 0 radical (unpaired) electrons. The average Bonchev–Trinajstić information content (AvgIpc) is 2.48. The van der Waals surface area contributed by atoms with Crippen LogP contribution in [0.5, 0.6) is 5.75 Å². The van der Waals surface area contributed by atoms with E-state index in [9.17, 15) is 14.7 Å². The van der Waals surface area contributed by atoms with Gasteiger partial charge in [-0.3, -0.25) is 9.59 Å². The van der Waals surface area contributed by atoms with E-state index in [0.29, 0.717) is 16.9 Å². The Morgan fingerprint density at radius 3 is 2.33 bits per heavy atom. The molecule has 0 saturated heterocycles. The number of aromatic hydroxyl groups is 1. The molecule has 0 unspecified atom stereocenters. The Kier molecular flexibility index (Phi) is 4.08. The first-order valence-electron chi connectivity index (χ1n) is 6.23. The van der Waals surface area contributed by atoms with Crippen LogP contribution in [0.1, 0.15) is 20.7 Å². The van der Waals surface area contributed by atoms with Crippen LogP contribution in [0.2, 0.25) is 0 Å². The van der Waals surface area contributed by atoms with Gasteiger partial charge in [-0.15, -0.1) is 0 Å². The number of amides is 2. The Hall–Kier alpha value is -3.02. The number of benzene rings is 2. The van der Waals surface area contributed by atoms with Crippen LogP contribution in [0, 0.1) is 0 Å². The lowest BCUT2D eigenvalue weighted by molar-refractivity contribution is 0.0963. The second kappa shape index (κ2) is 5.96. The van der Waals surface area contributed by atoms with Crippen LogP contribution in [0.4, 0.5) is 11.4 Å². The summed E-state index contributed by atoms with van der Waals surface area (Å²) in [4.78, 5) is 23.9. The fraction of sp³-hybridized carbons (Fsp3) is 0.0667. The van der Waals surface area contributed by atoms with Gasteiger partial charge < -0.3 is 21.5 Å². The van der Waals surface area contributed by atoms with Gasteiger partial charge in [-0.2, -0.15) is 0 Å². The van der Waals surface area contributed by atoms with Gasteiger partial charge >= 0.3 is 0 Å². The van der Waals surface area contributed by atoms with Crippen molar-refractivity contribution in [2.24, 2.45) is 0 Å². The normalized spacial score (nSPS) is 9.95. The molecule has 0 aliphatic heterocycles. The summed E-state index contributed by atoms with van der Waals surface area (Å²) in [5, 5.41) is 14.5. The maximum atomic E-state index is 12.1. The van der Waals surface area contributed by atoms with E-state index in [1.165, 1.54) is 25.2 Å². The standard InChI is InChI=1S/C15H15N3O3/c1-17-15(21)12-8-11(19)6-7-13(12)18-14(20)9-2-4-10(16)5-3-9/h2-8,19H,16H2,1H3,(H,17,21)(H,18,20). The number of nitrogens with two attached hydrogens (primary N) is 1. The van der Waals surface area contributed by atoms with Crippen LogP contribution < -0.4 is 16.4 Å². The van der Waals surface area contributed by atoms with Crippen molar-refractivity contribution in [3.63, 3.8) is 0 Å². The van der Waals surface area contributed by atoms with Crippen LogP contribution in [0.15, 0.2) is 42.5 Å². The predicted molar refractivity (Wildman–Crippen MR) is 80.3 cm³/mol. The Bertz CT molecular complexity index is 681. The van der Waals surface area contributed by atoms with Gasteiger partial charge in [0.2, 0.25) is 0 Å². The van der Waals surface area contributed by atoms with Crippen molar-refractivity contribution in [2.75, 3.05) is 18.1 Å². The SMILES string of the molecule is CNC(=O)c1cc(O)ccc1NC(=O)c1ccc(N)cc1. The summed E-state index contributed by atoms with van der Waals surface area (Å²) >= 11 is 0. The molecule has 108 valence electrons. The number of anilines is 2. The third-order valence-electron chi connectivity index (χ3n) is 2.90. The lowest BCUT2D eigenvalue weighted by Gasteiger charge is -2.11. The zero-order valence-electron chi connectivity index (χ0n) is 11.4. The molecule has 0 bridgehead atoms. The highest BCUT2D eigenvalue weighted by Gasteiger charge is 2.14. The summed E-state index contributed by atoms with van der Waals surface area (Å²) in [5.41, 5.74) is 7.04. The number of nitrogens with one attached hydrogen (secondary N) is 2. The number of rotatable bonds is 3. The van der Waals surface area contributed by atoms with Gasteiger partial charge in [0.25, 0.3) is 11.8 Å². The Balaban J connectivity index is 2.28. The van der Waals surface area contributed by atoms with Crippen LogP contribution in [-0.4, -0.2) is 24.0 Å². The molecule has 6 nitrogen and oxygen atoms in total. The van der Waals surface area contributed by atoms with Crippen LogP contribution in [-0.2, 0) is 0 Å². The monoisotopic (exact) mass is 285 g/mol. The molecule has 21 heavy (non-hydrogen) atoms. The fourth-order valence-corrected chi connectivity index (χ4v) is 1.79. The fourth-order valence-electron chi connectivity index (χ4n) is 1.79. The topological polar surface area (TPSA) is 104 Å². The first kappa shape index (κ1) is 14.4. The number of phenolic OH excluding ortho intramolecular Hbond substituents is 1. The third kappa shape index (κ3) is 3.30. The van der Waals surface area contributed by atoms with E-state index in [2.05, 4.69) is 10.6 Å². The summed E-state index contributed by atoms with van der Waals surface area (Å²) in [6.45, 7) is 0. The first-order chi connectivity index (χ1) is 10.0. The van der Waals surface area contributed by atoms with E-state index in [1.54, 1.807) is 24.3 Å². The molecule has 0 spiro atoms. The number of hydrogen-bond acceptors (Lipinski definition) is 4. The van der Waals surface area contributed by atoms with E-state index in [0.717, 1.165) is 0 Å². The smallest absolute Gasteiger partial charge is 0.255 e. The molecular formula is C15H15N3O3. The first-order valence-corrected chi connectivity index (χ1v) is 6.23. The van der Waals surface area contributed by atoms with E-state index < -0.39 is 5.91 Å². The van der Waals surface area contributed by atoms with Crippen molar-refractivity contribution in [3.05, 3.63) is 53.6 Å². The Morgan fingerprint density at radius 1 is 1.05 bits per heavy atom. The zero-order valence-corrected chi connectivity index (χ0v) is 11.4. The second-order valence-electron chi connectivity index (χ2n) is 4.39. The van der Waals surface area contributed by atoms with Gasteiger partial charge in [-0.1, -0.05) is 0 Å². The predicted octanol–water partition coefficient (Wildman–Crippen LogP) is 1.59. The summed E-state index contributed by atoms with van der Waals surface area (Å²) in [6, 6.07) is 10.6. The highest BCUT2D eigenvalue weighted by molar-refractivity contribution is 6.09. The van der Waals surface area contributed by atoms with Crippen molar-refractivity contribution >= 4 is 23.2 Å². The van der Waals surface area contributed by atoms with E-state index in [4.69, 9.17) is 5.73 Å². The van der Waals surface area contributed by atoms with Crippen molar-refractivity contribution in [1.29, 1.82) is 0 Å². The van der Waals surface area contributed by atoms with Gasteiger partial charge in [0.1, 0.15) is 5.75 Å². The van der Waals surface area contributed by atoms with Crippen molar-refractivity contribution in [3.8, 4) is 5.75 Å². The van der Waals surface area contributed by atoms with Gasteiger partial charge in [0.15, 0.2) is 0 Å². The van der Waals surface area contributed by atoms with E-state index in [-0.39, 0.29) is 17.2 Å². The van der Waals surface area contributed by atoms with Crippen molar-refractivity contribution in [2.45, 2.75) is 0 Å². The highest BCUT2D eigenvalue weighted by Crippen LogP contribution is 2.22. The van der Waals surface area contributed by atoms with Gasteiger partial charge in [0, 0.05) is 18.3 Å². The number of phenols is 1. The molecule has 2 aromatic rings. The lowest BCUT2D eigenvalue weighted by atomic mass is 10.1. The molecule has 2 aromatic carbocycles. The van der Waals surface area contributed by atoms with Crippen molar-refractivity contribution < 1.29 is 14.7 Å². The molecule has 0 atom stereocenters. The number of hydrogen-bond donors (Lipinski definition) is 4. The third-order valence-corrected chi connectivity index (χ3v) is 2.90. The average molecular weight is 285 g/mol. The Morgan fingerprint density at radius 2 is 1.71 bits per heavy atom. The number of carbonyl (C=O) groups is 2. The summed E-state index contributed by atoms with van der Waals surface area (Å²) in [6.07, 6.45) is 0. The summed E-state index contributed by atoms with van der Waals surface area (Å²) < 4.78 is 0. The number of carbonyl (C=O) groups excluding carboxylic acids is 2. The molecular weight excluding hydrogens is 270 g/mol. The molecule has 0 aliphatic rings. The van der Waals surface area contributed by atoms with Gasteiger partial charge in [0.05, 0.1) is 11.3 Å². The zero-order chi connectivity index (χ0) is 15.4. The van der Waals surface area contributed by atoms with Gasteiger partial charge in [-0.05, 0) is 42.5 Å². The minimum Gasteiger partial charge on any atom is -0.508 e. The van der Waals surface area contributed by atoms with Crippen molar-refractivity contribution in [1.82, 2.24) is 5.32 Å². The molecule has 5 N–H and O–H groups in total. The molecule has 0 fully saturated rings. The molecule has 2 rings (SSSR count). The molecule has 0 heterocycles. The largest absolute Gasteiger partial charge is 0.508 e. The molecule has 6 heteroatoms. The van der Waals surface area contributed by atoms with Gasteiger partial charge in [-0.25, -0.2) is 0 Å². The lowest BCUT2D eigenvalue weighted by Crippen LogP contribution is -2.21. The minimum absolute atomic E-state index is 0.0564. The van der Waals surface area contributed by atoms with E-state index in [1.807, 2.05) is 0 Å². The summed E-state index contributed by atoms with van der Waals surface area (Å²) in [5.74, 6) is -0.830. The van der Waals surface area contributed by atoms with Crippen LogP contribution >= 0.6 is 0 Å². The highest BCUT2D eigenvalue weighted by atomic mass is 16.3. The molecule has 0 aromatic heterocycles. The quantitative estimate of drug-likeness (QED) is 0.507. The molecule has 0 saturated carbocycles.